The molecule has 1 fully saturated rings. The number of aromatic nitrogens is 1. The van der Waals surface area contributed by atoms with Crippen LogP contribution in [0.2, 0.25) is 0 Å². The number of hydrogen-bond acceptors (Lipinski definition) is 5. The predicted octanol–water partition coefficient (Wildman–Crippen LogP) is 1.38. The second kappa shape index (κ2) is 7.99. The molecule has 1 heterocycles. The number of nitrogens with one attached hydrogen (secondary N) is 1. The third-order valence-corrected chi connectivity index (χ3v) is 4.71. The summed E-state index contributed by atoms with van der Waals surface area (Å²) in [5, 5.41) is 0. The second-order valence-electron chi connectivity index (χ2n) is 6.39. The van der Waals surface area contributed by atoms with E-state index in [0.717, 1.165) is 32.2 Å². The van der Waals surface area contributed by atoms with E-state index in [1.165, 1.54) is 18.1 Å². The quantitative estimate of drug-likeness (QED) is 0.627. The summed E-state index contributed by atoms with van der Waals surface area (Å²) in [7, 11) is 4.98. The topological polar surface area (TPSA) is 82.7 Å². The van der Waals surface area contributed by atoms with Gasteiger partial charge in [0.15, 0.2) is 0 Å². The Labute approximate surface area is 141 Å². The molecule has 1 saturated carbocycles. The van der Waals surface area contributed by atoms with Crippen molar-refractivity contribution in [3.63, 3.8) is 0 Å². The number of rotatable bonds is 6. The molecule has 0 aromatic carbocycles. The van der Waals surface area contributed by atoms with Gasteiger partial charge >= 0.3 is 5.97 Å². The number of amides is 1. The molecule has 24 heavy (non-hydrogen) atoms. The van der Waals surface area contributed by atoms with Gasteiger partial charge in [-0.3, -0.25) is 14.4 Å². The van der Waals surface area contributed by atoms with E-state index >= 15 is 0 Å². The Hall–Kier alpha value is -2.31. The highest BCUT2D eigenvalue weighted by Gasteiger charge is 2.28. The van der Waals surface area contributed by atoms with Crippen molar-refractivity contribution in [2.24, 2.45) is 11.8 Å². The van der Waals surface area contributed by atoms with Gasteiger partial charge in [-0.1, -0.05) is 0 Å². The molecule has 0 saturated heterocycles. The minimum atomic E-state index is -0.200. The molecule has 2 rings (SSSR count). The molecule has 0 atom stereocenters. The first-order valence-corrected chi connectivity index (χ1v) is 8.16. The van der Waals surface area contributed by atoms with Crippen LogP contribution in [0.15, 0.2) is 16.9 Å². The van der Waals surface area contributed by atoms with Gasteiger partial charge in [0.2, 0.25) is 12.0 Å². The third-order valence-electron chi connectivity index (χ3n) is 4.71. The maximum absolute atomic E-state index is 11.7. The average Bonchev–Trinajstić information content (AvgIpc) is 2.60. The van der Waals surface area contributed by atoms with E-state index in [1.807, 2.05) is 11.9 Å². The summed E-state index contributed by atoms with van der Waals surface area (Å²) in [5.74, 6) is 0.954. The molecule has 0 unspecified atom stereocenters. The van der Waals surface area contributed by atoms with E-state index in [0.29, 0.717) is 23.8 Å². The Bertz CT molecular complexity index is 635. The number of H-pyrrole nitrogens is 1. The summed E-state index contributed by atoms with van der Waals surface area (Å²) in [5.41, 5.74) is 0.463. The Balaban J connectivity index is 2.04. The summed E-state index contributed by atoms with van der Waals surface area (Å²) in [6.07, 6.45) is 4.27. The lowest BCUT2D eigenvalue weighted by molar-refractivity contribution is -0.146. The van der Waals surface area contributed by atoms with E-state index in [4.69, 9.17) is 4.74 Å². The molecule has 1 aromatic rings. The average molecular weight is 335 g/mol. The van der Waals surface area contributed by atoms with Crippen molar-refractivity contribution in [2.75, 3.05) is 37.5 Å². The van der Waals surface area contributed by atoms with Crippen molar-refractivity contribution in [2.45, 2.75) is 25.7 Å². The van der Waals surface area contributed by atoms with Gasteiger partial charge in [0.1, 0.15) is 5.82 Å². The summed E-state index contributed by atoms with van der Waals surface area (Å²) >= 11 is 0. The number of carbonyl (C=O) groups is 2. The van der Waals surface area contributed by atoms with Crippen molar-refractivity contribution in [3.8, 4) is 0 Å². The molecule has 7 nitrogen and oxygen atoms in total. The van der Waals surface area contributed by atoms with Crippen molar-refractivity contribution < 1.29 is 14.3 Å². The van der Waals surface area contributed by atoms with Gasteiger partial charge in [0.05, 0.1) is 18.7 Å². The van der Waals surface area contributed by atoms with Crippen LogP contribution in [0.25, 0.3) is 0 Å². The number of hydrogen-bond donors (Lipinski definition) is 1. The van der Waals surface area contributed by atoms with Gasteiger partial charge < -0.3 is 19.5 Å². The molecular formula is C17H25N3O4. The highest BCUT2D eigenvalue weighted by atomic mass is 16.5. The molecule has 7 heteroatoms. The molecular weight excluding hydrogens is 310 g/mol. The first kappa shape index (κ1) is 18.0. The predicted molar refractivity (Wildman–Crippen MR) is 92.3 cm³/mol. The fourth-order valence-corrected chi connectivity index (χ4v) is 3.31. The minimum absolute atomic E-state index is 0.00449. The van der Waals surface area contributed by atoms with Gasteiger partial charge in [-0.25, -0.2) is 0 Å². The smallest absolute Gasteiger partial charge is 0.308 e. The maximum Gasteiger partial charge on any atom is 0.308 e. The van der Waals surface area contributed by atoms with E-state index in [9.17, 15) is 14.4 Å². The van der Waals surface area contributed by atoms with E-state index in [2.05, 4.69) is 4.98 Å². The monoisotopic (exact) mass is 335 g/mol. The van der Waals surface area contributed by atoms with Crippen LogP contribution in [0.5, 0.6) is 0 Å². The first-order valence-electron chi connectivity index (χ1n) is 8.16. The zero-order valence-corrected chi connectivity index (χ0v) is 14.4. The highest BCUT2D eigenvalue weighted by Crippen LogP contribution is 2.31. The van der Waals surface area contributed by atoms with Crippen LogP contribution in [0.3, 0.4) is 0 Å². The largest absolute Gasteiger partial charge is 0.469 e. The van der Waals surface area contributed by atoms with E-state index < -0.39 is 0 Å². The number of pyridine rings is 1. The van der Waals surface area contributed by atoms with Crippen molar-refractivity contribution in [1.29, 1.82) is 0 Å². The SMILES string of the molecule is COC(=O)C1CCC(CN(C)c2[nH]c(=O)ccc2N(C)C=O)CC1. The summed E-state index contributed by atoms with van der Waals surface area (Å²) in [6, 6.07) is 3.06. The molecule has 1 aliphatic carbocycles. The van der Waals surface area contributed by atoms with Crippen LogP contribution in [0.1, 0.15) is 25.7 Å². The summed E-state index contributed by atoms with van der Waals surface area (Å²) in [6.45, 7) is 0.757. The van der Waals surface area contributed by atoms with Gasteiger partial charge in [-0.2, -0.15) is 0 Å². The van der Waals surface area contributed by atoms with Crippen LogP contribution in [0, 0.1) is 11.8 Å². The van der Waals surface area contributed by atoms with E-state index in [1.54, 1.807) is 13.1 Å². The number of esters is 1. The second-order valence-corrected chi connectivity index (χ2v) is 6.39. The Morgan fingerprint density at radius 3 is 2.54 bits per heavy atom. The molecule has 0 bridgehead atoms. The van der Waals surface area contributed by atoms with Crippen LogP contribution in [0.4, 0.5) is 11.5 Å². The summed E-state index contributed by atoms with van der Waals surface area (Å²) < 4.78 is 4.82. The molecule has 1 N–H and O–H groups in total. The number of methoxy groups -OCH3 is 1. The lowest BCUT2D eigenvalue weighted by atomic mass is 9.82. The lowest BCUT2D eigenvalue weighted by Gasteiger charge is -2.32. The molecule has 1 aromatic heterocycles. The Morgan fingerprint density at radius 2 is 1.96 bits per heavy atom. The number of ether oxygens (including phenoxy) is 1. The molecule has 1 aliphatic rings. The van der Waals surface area contributed by atoms with Crippen molar-refractivity contribution >= 4 is 23.9 Å². The minimum Gasteiger partial charge on any atom is -0.469 e. The Morgan fingerprint density at radius 1 is 1.29 bits per heavy atom. The van der Waals surface area contributed by atoms with Crippen LogP contribution >= 0.6 is 0 Å². The summed E-state index contributed by atoms with van der Waals surface area (Å²) in [4.78, 5) is 40.5. The fraction of sp³-hybridized carbons (Fsp3) is 0.588. The standard InChI is InChI=1S/C17H25N3O4/c1-19(10-12-4-6-13(7-5-12)17(23)24-3)16-14(20(2)11-21)8-9-15(22)18-16/h8-9,11-13H,4-7,10H2,1-3H3,(H,18,22). The number of nitrogens with zero attached hydrogens (tertiary/aromatic N) is 2. The maximum atomic E-state index is 11.7. The molecule has 1 amide bonds. The Kier molecular flexibility index (Phi) is 6.00. The van der Waals surface area contributed by atoms with Gasteiger partial charge in [0.25, 0.3) is 0 Å². The zero-order valence-electron chi connectivity index (χ0n) is 14.4. The zero-order chi connectivity index (χ0) is 17.7. The first-order chi connectivity index (χ1) is 11.5. The molecule has 0 aliphatic heterocycles. The van der Waals surface area contributed by atoms with E-state index in [-0.39, 0.29) is 17.4 Å². The molecule has 0 spiro atoms. The third kappa shape index (κ3) is 4.15. The van der Waals surface area contributed by atoms with Crippen molar-refractivity contribution in [1.82, 2.24) is 4.98 Å². The number of anilines is 2. The van der Waals surface area contributed by atoms with Crippen LogP contribution in [-0.2, 0) is 14.3 Å². The van der Waals surface area contributed by atoms with Gasteiger partial charge in [0, 0.05) is 26.7 Å². The van der Waals surface area contributed by atoms with Gasteiger partial charge in [-0.05, 0) is 37.7 Å². The van der Waals surface area contributed by atoms with Crippen LogP contribution in [-0.4, -0.2) is 45.1 Å². The highest BCUT2D eigenvalue weighted by molar-refractivity contribution is 5.81. The molecule has 0 radical (unpaired) electrons. The van der Waals surface area contributed by atoms with Gasteiger partial charge in [-0.15, -0.1) is 0 Å². The van der Waals surface area contributed by atoms with Crippen LogP contribution < -0.4 is 15.4 Å². The number of carbonyl (C=O) groups excluding carboxylic acids is 2. The number of aromatic amines is 1. The molecule has 132 valence electrons. The normalized spacial score (nSPS) is 20.3. The van der Waals surface area contributed by atoms with Crippen molar-refractivity contribution in [3.05, 3.63) is 22.5 Å². The fourth-order valence-electron chi connectivity index (χ4n) is 3.31. The lowest BCUT2D eigenvalue weighted by Crippen LogP contribution is -2.33.